The molecule has 0 fully saturated rings. The van der Waals surface area contributed by atoms with Crippen LogP contribution in [0.25, 0.3) is 11.4 Å². The monoisotopic (exact) mass is 353 g/mol. The van der Waals surface area contributed by atoms with Crippen molar-refractivity contribution in [2.24, 2.45) is 0 Å². The molecule has 0 aliphatic carbocycles. The summed E-state index contributed by atoms with van der Waals surface area (Å²) in [5.41, 5.74) is 0.860. The molecule has 7 nitrogen and oxygen atoms in total. The van der Waals surface area contributed by atoms with E-state index in [1.54, 1.807) is 38.4 Å². The molecule has 1 aromatic heterocycles. The lowest BCUT2D eigenvalue weighted by Crippen LogP contribution is -2.31. The van der Waals surface area contributed by atoms with Gasteiger partial charge in [0.05, 0.1) is 13.7 Å². The van der Waals surface area contributed by atoms with Crippen molar-refractivity contribution in [3.05, 3.63) is 60.5 Å². The number of carbonyl (C=O) groups excluding carboxylic acids is 1. The normalized spacial score (nSPS) is 10.4. The first-order valence-electron chi connectivity index (χ1n) is 8.04. The van der Waals surface area contributed by atoms with Crippen LogP contribution in [0.4, 0.5) is 0 Å². The van der Waals surface area contributed by atoms with Crippen LogP contribution in [0.2, 0.25) is 0 Å². The van der Waals surface area contributed by atoms with Crippen molar-refractivity contribution in [1.29, 1.82) is 0 Å². The highest BCUT2D eigenvalue weighted by atomic mass is 16.5. The number of benzene rings is 2. The van der Waals surface area contributed by atoms with Crippen LogP contribution in [-0.2, 0) is 11.3 Å². The molecule has 7 heteroatoms. The molecule has 0 saturated carbocycles. The maximum atomic E-state index is 12.2. The first-order valence-corrected chi connectivity index (χ1v) is 8.04. The van der Waals surface area contributed by atoms with Crippen LogP contribution in [0.5, 0.6) is 11.5 Å². The Bertz CT molecular complexity index is 847. The molecule has 0 aliphatic heterocycles. The second-order valence-electron chi connectivity index (χ2n) is 5.59. The lowest BCUT2D eigenvalue weighted by Gasteiger charge is -2.15. The molecule has 0 unspecified atom stereocenters. The van der Waals surface area contributed by atoms with Crippen LogP contribution in [0.15, 0.2) is 59.1 Å². The second kappa shape index (κ2) is 8.15. The predicted octanol–water partition coefficient (Wildman–Crippen LogP) is 2.78. The van der Waals surface area contributed by atoms with E-state index in [9.17, 15) is 4.79 Å². The van der Waals surface area contributed by atoms with Crippen LogP contribution in [0.1, 0.15) is 5.89 Å². The number of nitrogens with zero attached hydrogens (tertiary/aromatic N) is 3. The number of hydrogen-bond acceptors (Lipinski definition) is 6. The Morgan fingerprint density at radius 3 is 2.46 bits per heavy atom. The van der Waals surface area contributed by atoms with Gasteiger partial charge in [0, 0.05) is 12.6 Å². The first kappa shape index (κ1) is 17.5. The van der Waals surface area contributed by atoms with Crippen molar-refractivity contribution in [2.45, 2.75) is 6.54 Å². The molecule has 0 radical (unpaired) electrons. The highest BCUT2D eigenvalue weighted by molar-refractivity contribution is 5.77. The van der Waals surface area contributed by atoms with Gasteiger partial charge >= 0.3 is 0 Å². The third kappa shape index (κ3) is 4.38. The smallest absolute Gasteiger partial charge is 0.260 e. The van der Waals surface area contributed by atoms with Gasteiger partial charge in [-0.1, -0.05) is 35.5 Å². The number of ether oxygens (including phenoxy) is 2. The highest BCUT2D eigenvalue weighted by Crippen LogP contribution is 2.17. The van der Waals surface area contributed by atoms with Crippen LogP contribution >= 0.6 is 0 Å². The van der Waals surface area contributed by atoms with Crippen molar-refractivity contribution < 1.29 is 18.8 Å². The lowest BCUT2D eigenvalue weighted by molar-refractivity contribution is -0.132. The van der Waals surface area contributed by atoms with Gasteiger partial charge in [-0.3, -0.25) is 4.79 Å². The summed E-state index contributed by atoms with van der Waals surface area (Å²) in [6, 6.07) is 16.5. The van der Waals surface area contributed by atoms with Crippen molar-refractivity contribution >= 4 is 5.91 Å². The quantitative estimate of drug-likeness (QED) is 0.650. The summed E-state index contributed by atoms with van der Waals surface area (Å²) in [5.74, 6) is 1.99. The standard InChI is InChI=1S/C19H19N3O4/c1-22(18(23)13-25-16-10-8-15(24-2)9-11-16)12-17-20-19(21-26-17)14-6-4-3-5-7-14/h3-11H,12-13H2,1-2H3. The van der Waals surface area contributed by atoms with Crippen molar-refractivity contribution in [3.63, 3.8) is 0 Å². The lowest BCUT2D eigenvalue weighted by atomic mass is 10.2. The summed E-state index contributed by atoms with van der Waals surface area (Å²) in [7, 11) is 3.25. The zero-order chi connectivity index (χ0) is 18.4. The van der Waals surface area contributed by atoms with E-state index in [0.717, 1.165) is 11.3 Å². The largest absolute Gasteiger partial charge is 0.497 e. The van der Waals surface area contributed by atoms with E-state index in [1.807, 2.05) is 30.3 Å². The molecular formula is C19H19N3O4. The Morgan fingerprint density at radius 2 is 1.77 bits per heavy atom. The highest BCUT2D eigenvalue weighted by Gasteiger charge is 2.15. The molecule has 26 heavy (non-hydrogen) atoms. The first-order chi connectivity index (χ1) is 12.7. The zero-order valence-electron chi connectivity index (χ0n) is 14.6. The van der Waals surface area contributed by atoms with E-state index in [1.165, 1.54) is 4.90 Å². The maximum absolute atomic E-state index is 12.2. The Hall–Kier alpha value is -3.35. The number of methoxy groups -OCH3 is 1. The molecule has 3 rings (SSSR count). The summed E-state index contributed by atoms with van der Waals surface area (Å²) in [4.78, 5) is 18.0. The van der Waals surface area contributed by atoms with Crippen LogP contribution < -0.4 is 9.47 Å². The molecule has 3 aromatic rings. The van der Waals surface area contributed by atoms with E-state index in [4.69, 9.17) is 14.0 Å². The van der Waals surface area contributed by atoms with E-state index in [0.29, 0.717) is 17.5 Å². The zero-order valence-corrected chi connectivity index (χ0v) is 14.6. The van der Waals surface area contributed by atoms with E-state index >= 15 is 0 Å². The van der Waals surface area contributed by atoms with E-state index in [2.05, 4.69) is 10.1 Å². The number of aromatic nitrogens is 2. The minimum absolute atomic E-state index is 0.0808. The number of likely N-dealkylation sites (N-methyl/N-ethyl adjacent to an activating group) is 1. The number of amides is 1. The second-order valence-corrected chi connectivity index (χ2v) is 5.59. The predicted molar refractivity (Wildman–Crippen MR) is 94.7 cm³/mol. The van der Waals surface area contributed by atoms with Gasteiger partial charge < -0.3 is 18.9 Å². The summed E-state index contributed by atoms with van der Waals surface area (Å²) >= 11 is 0. The fourth-order valence-corrected chi connectivity index (χ4v) is 2.24. The fraction of sp³-hybridized carbons (Fsp3) is 0.211. The molecule has 0 saturated heterocycles. The molecule has 0 aliphatic rings. The molecule has 1 heterocycles. The summed E-state index contributed by atoms with van der Waals surface area (Å²) in [6.45, 7) is 0.132. The van der Waals surface area contributed by atoms with Gasteiger partial charge in [-0.25, -0.2) is 0 Å². The van der Waals surface area contributed by atoms with Crippen LogP contribution in [0, 0.1) is 0 Å². The molecule has 134 valence electrons. The Labute approximate surface area is 151 Å². The Morgan fingerprint density at radius 1 is 1.08 bits per heavy atom. The Kier molecular flexibility index (Phi) is 5.48. The summed E-state index contributed by atoms with van der Waals surface area (Å²) < 4.78 is 15.8. The van der Waals surface area contributed by atoms with Gasteiger partial charge in [-0.15, -0.1) is 0 Å². The Balaban J connectivity index is 1.53. The molecule has 0 spiro atoms. The van der Waals surface area contributed by atoms with Gasteiger partial charge in [-0.2, -0.15) is 4.98 Å². The van der Waals surface area contributed by atoms with Crippen molar-refractivity contribution in [3.8, 4) is 22.9 Å². The molecule has 0 bridgehead atoms. The fourth-order valence-electron chi connectivity index (χ4n) is 2.24. The SMILES string of the molecule is COc1ccc(OCC(=O)N(C)Cc2nc(-c3ccccc3)no2)cc1. The van der Waals surface area contributed by atoms with Gasteiger partial charge in [0.2, 0.25) is 11.7 Å². The average Bonchev–Trinajstić information content (AvgIpc) is 3.15. The van der Waals surface area contributed by atoms with E-state index in [-0.39, 0.29) is 19.1 Å². The minimum atomic E-state index is -0.194. The topological polar surface area (TPSA) is 77.7 Å². The third-order valence-electron chi connectivity index (χ3n) is 3.72. The van der Waals surface area contributed by atoms with Crippen LogP contribution in [-0.4, -0.2) is 41.7 Å². The van der Waals surface area contributed by atoms with Gasteiger partial charge in [0.15, 0.2) is 6.61 Å². The molecule has 1 amide bonds. The third-order valence-corrected chi connectivity index (χ3v) is 3.72. The summed E-state index contributed by atoms with van der Waals surface area (Å²) in [5, 5.41) is 3.94. The molecule has 2 aromatic carbocycles. The number of carbonyl (C=O) groups is 1. The van der Waals surface area contributed by atoms with Crippen LogP contribution in [0.3, 0.4) is 0 Å². The average molecular weight is 353 g/mol. The van der Waals surface area contributed by atoms with Gasteiger partial charge in [0.1, 0.15) is 11.5 Å². The van der Waals surface area contributed by atoms with Gasteiger partial charge in [0.25, 0.3) is 5.91 Å². The van der Waals surface area contributed by atoms with Crippen molar-refractivity contribution in [2.75, 3.05) is 20.8 Å². The number of hydrogen-bond donors (Lipinski definition) is 0. The van der Waals surface area contributed by atoms with Crippen molar-refractivity contribution in [1.82, 2.24) is 15.0 Å². The molecule has 0 atom stereocenters. The summed E-state index contributed by atoms with van der Waals surface area (Å²) in [6.07, 6.45) is 0. The number of rotatable bonds is 7. The molecule has 0 N–H and O–H groups in total. The minimum Gasteiger partial charge on any atom is -0.497 e. The van der Waals surface area contributed by atoms with Gasteiger partial charge in [-0.05, 0) is 24.3 Å². The van der Waals surface area contributed by atoms with E-state index < -0.39 is 0 Å². The maximum Gasteiger partial charge on any atom is 0.260 e. The molecular weight excluding hydrogens is 334 g/mol.